The van der Waals surface area contributed by atoms with Gasteiger partial charge in [0, 0.05) is 50.8 Å². The number of carbonyl (C=O) groups is 5. The first-order chi connectivity index (χ1) is 25.4. The van der Waals surface area contributed by atoms with Gasteiger partial charge in [-0.15, -0.1) is 6.58 Å². The molecule has 13 heteroatoms. The van der Waals surface area contributed by atoms with Crippen molar-refractivity contribution in [3.8, 4) is 0 Å². The van der Waals surface area contributed by atoms with Gasteiger partial charge < -0.3 is 14.4 Å². The predicted octanol–water partition coefficient (Wildman–Crippen LogP) is 4.62. The third kappa shape index (κ3) is 7.97. The van der Waals surface area contributed by atoms with Gasteiger partial charge in [-0.1, -0.05) is 50.5 Å². The van der Waals surface area contributed by atoms with E-state index in [2.05, 4.69) is 17.4 Å². The molecular formula is C40H53N3O9S. The van der Waals surface area contributed by atoms with Gasteiger partial charge in [0.25, 0.3) is 0 Å². The van der Waals surface area contributed by atoms with Crippen molar-refractivity contribution in [2.45, 2.75) is 121 Å². The fraction of sp³-hybridized carbons (Fsp3) is 0.675. The van der Waals surface area contributed by atoms with E-state index in [1.807, 2.05) is 19.1 Å². The minimum absolute atomic E-state index is 0.0107. The van der Waals surface area contributed by atoms with E-state index < -0.39 is 68.4 Å². The van der Waals surface area contributed by atoms with Gasteiger partial charge in [-0.3, -0.25) is 28.8 Å². The molecule has 6 atom stereocenters. The topological polar surface area (TPSA) is 156 Å². The molecule has 12 nitrogen and oxygen atoms in total. The first kappa shape index (κ1) is 37.7. The molecule has 4 fully saturated rings. The van der Waals surface area contributed by atoms with Gasteiger partial charge in [0.1, 0.15) is 11.9 Å². The van der Waals surface area contributed by atoms with Crippen LogP contribution in [0, 0.1) is 29.1 Å². The van der Waals surface area contributed by atoms with Crippen molar-refractivity contribution in [1.82, 2.24) is 14.5 Å². The van der Waals surface area contributed by atoms with E-state index in [4.69, 9.17) is 9.47 Å². The summed E-state index contributed by atoms with van der Waals surface area (Å²) in [6, 6.07) is 5.05. The Hall–Kier alpha value is -3.58. The first-order valence-corrected chi connectivity index (χ1v) is 21.1. The monoisotopic (exact) mass is 751 g/mol. The third-order valence-electron chi connectivity index (χ3n) is 12.7. The number of allylic oxidation sites excluding steroid dienone is 1. The van der Waals surface area contributed by atoms with E-state index in [0.29, 0.717) is 32.5 Å². The number of rotatable bonds is 8. The summed E-state index contributed by atoms with van der Waals surface area (Å²) in [5, 5.41) is -0.606. The Morgan fingerprint density at radius 2 is 1.79 bits per heavy atom. The van der Waals surface area contributed by atoms with E-state index in [0.717, 1.165) is 61.6 Å². The van der Waals surface area contributed by atoms with Gasteiger partial charge in [-0.05, 0) is 73.5 Å². The molecule has 0 aromatic heterocycles. The molecule has 3 heterocycles. The predicted molar refractivity (Wildman–Crippen MR) is 195 cm³/mol. The lowest BCUT2D eigenvalue weighted by Gasteiger charge is -2.34. The summed E-state index contributed by atoms with van der Waals surface area (Å²) in [6.45, 7) is 7.17. The van der Waals surface area contributed by atoms with Crippen LogP contribution in [0.5, 0.6) is 0 Å². The molecule has 6 aliphatic rings. The number of amides is 3. The van der Waals surface area contributed by atoms with Gasteiger partial charge >= 0.3 is 6.09 Å². The molecule has 53 heavy (non-hydrogen) atoms. The van der Waals surface area contributed by atoms with Crippen LogP contribution in [0.25, 0.3) is 0 Å². The Labute approximate surface area is 312 Å². The standard InChI is InChI=1S/C40H53N3O9S/c1-3-29-19-40(29,38(47)41-53(49,50)31-14-15-31)20-36(45)34-17-30-22-43(34)37(46)32(26-9-5-4-6-10-26)18-35(44)25(2)24-51-16-8-13-27-11-7-12-28-21-42(23-33(27)28)39(48)52-30/h3,7,11-12,25-26,29-32,34H,1,4-6,8-10,13-24H2,2H3,(H,41,47)/t25-,29+,30+,32-,34-,40+/m0/s1. The van der Waals surface area contributed by atoms with Crippen LogP contribution in [-0.2, 0) is 58.2 Å². The molecule has 1 N–H and O–H groups in total. The smallest absolute Gasteiger partial charge is 0.410 e. The lowest BCUT2D eigenvalue weighted by Crippen LogP contribution is -2.48. The molecule has 0 spiro atoms. The maximum atomic E-state index is 14.8. The molecule has 3 aliphatic heterocycles. The fourth-order valence-electron chi connectivity index (χ4n) is 9.15. The Balaban J connectivity index is 1.17. The van der Waals surface area contributed by atoms with Crippen molar-refractivity contribution >= 4 is 39.5 Å². The molecule has 4 bridgehead atoms. The van der Waals surface area contributed by atoms with Gasteiger partial charge in [0.15, 0.2) is 5.78 Å². The number of hydrogen-bond donors (Lipinski definition) is 1. The number of ketones is 2. The SMILES string of the molecule is C=C[C@@H]1C[C@]1(CC(=O)[C@@H]1C[C@@H]2CN1C(=O)[C@H](C1CCCCC1)CC(=O)[C@@H](C)COCCCc1cccc3c1CN(C3)C(=O)O2)C(=O)NS(=O)(=O)C1CC1. The molecule has 1 saturated heterocycles. The lowest BCUT2D eigenvalue weighted by molar-refractivity contribution is -0.146. The van der Waals surface area contributed by atoms with Crippen LogP contribution in [0.1, 0.15) is 101 Å². The Morgan fingerprint density at radius 1 is 1.04 bits per heavy atom. The minimum atomic E-state index is -3.85. The highest BCUT2D eigenvalue weighted by Gasteiger charge is 2.61. The second-order valence-corrected chi connectivity index (χ2v) is 18.4. The van der Waals surface area contributed by atoms with Crippen LogP contribution in [0.2, 0.25) is 0 Å². The first-order valence-electron chi connectivity index (χ1n) is 19.6. The zero-order chi connectivity index (χ0) is 37.5. The summed E-state index contributed by atoms with van der Waals surface area (Å²) in [6.07, 6.45) is 7.41. The van der Waals surface area contributed by atoms with Gasteiger partial charge in [0.2, 0.25) is 21.8 Å². The molecule has 3 saturated carbocycles. The average Bonchev–Trinajstić information content (AvgIpc) is 4.04. The molecule has 288 valence electrons. The molecular weight excluding hydrogens is 699 g/mol. The number of nitrogens with one attached hydrogen (secondary N) is 1. The molecule has 0 unspecified atom stereocenters. The van der Waals surface area contributed by atoms with Crippen LogP contribution in [-0.4, -0.2) is 84.8 Å². The third-order valence-corrected chi connectivity index (χ3v) is 14.5. The van der Waals surface area contributed by atoms with E-state index >= 15 is 0 Å². The van der Waals surface area contributed by atoms with E-state index in [1.54, 1.807) is 11.0 Å². The zero-order valence-electron chi connectivity index (χ0n) is 30.8. The normalized spacial score (nSPS) is 31.6. The van der Waals surface area contributed by atoms with Crippen molar-refractivity contribution in [1.29, 1.82) is 0 Å². The van der Waals surface area contributed by atoms with Crippen LogP contribution in [0.3, 0.4) is 0 Å². The van der Waals surface area contributed by atoms with Crippen LogP contribution < -0.4 is 4.72 Å². The Bertz CT molecular complexity index is 1750. The number of Topliss-reactive ketones (excluding diaryl/α,β-unsaturated/α-hetero) is 2. The molecule has 0 radical (unpaired) electrons. The number of carbonyl (C=O) groups excluding carboxylic acids is 5. The quantitative estimate of drug-likeness (QED) is 0.375. The van der Waals surface area contributed by atoms with E-state index in [9.17, 15) is 32.4 Å². The van der Waals surface area contributed by atoms with E-state index in [1.165, 1.54) is 4.90 Å². The molecule has 1 aromatic carbocycles. The Kier molecular flexibility index (Phi) is 10.9. The minimum Gasteiger partial charge on any atom is -0.444 e. The number of aryl methyl sites for hydroxylation is 1. The number of hydrogen-bond acceptors (Lipinski definition) is 9. The van der Waals surface area contributed by atoms with Gasteiger partial charge in [-0.2, -0.15) is 0 Å². The van der Waals surface area contributed by atoms with Crippen LogP contribution in [0.15, 0.2) is 30.9 Å². The number of sulfonamides is 1. The molecule has 3 aliphatic carbocycles. The van der Waals surface area contributed by atoms with Crippen LogP contribution in [0.4, 0.5) is 4.79 Å². The summed E-state index contributed by atoms with van der Waals surface area (Å²) in [7, 11) is -3.85. The number of ether oxygens (including phenoxy) is 2. The highest BCUT2D eigenvalue weighted by atomic mass is 32.2. The van der Waals surface area contributed by atoms with Crippen molar-refractivity contribution in [3.05, 3.63) is 47.5 Å². The molecule has 3 amide bonds. The molecule has 7 rings (SSSR count). The highest BCUT2D eigenvalue weighted by molar-refractivity contribution is 7.90. The fourth-order valence-corrected chi connectivity index (χ4v) is 10.5. The summed E-state index contributed by atoms with van der Waals surface area (Å²) >= 11 is 0. The highest BCUT2D eigenvalue weighted by Crippen LogP contribution is 2.57. The largest absolute Gasteiger partial charge is 0.444 e. The number of benzene rings is 1. The van der Waals surface area contributed by atoms with Gasteiger partial charge in [-0.25, -0.2) is 13.2 Å². The summed E-state index contributed by atoms with van der Waals surface area (Å²) in [4.78, 5) is 73.4. The summed E-state index contributed by atoms with van der Waals surface area (Å²) in [5.74, 6) is -2.97. The average molecular weight is 752 g/mol. The van der Waals surface area contributed by atoms with E-state index in [-0.39, 0.29) is 56.4 Å². The van der Waals surface area contributed by atoms with Crippen molar-refractivity contribution in [2.24, 2.45) is 29.1 Å². The number of nitrogens with zero attached hydrogens (tertiary/aromatic N) is 2. The Morgan fingerprint density at radius 3 is 2.51 bits per heavy atom. The van der Waals surface area contributed by atoms with Crippen molar-refractivity contribution in [2.75, 3.05) is 19.8 Å². The summed E-state index contributed by atoms with van der Waals surface area (Å²) < 4.78 is 39.8. The van der Waals surface area contributed by atoms with Crippen LogP contribution >= 0.6 is 0 Å². The van der Waals surface area contributed by atoms with Crippen molar-refractivity contribution in [3.63, 3.8) is 0 Å². The maximum Gasteiger partial charge on any atom is 0.410 e. The second-order valence-electron chi connectivity index (χ2n) is 16.4. The molecule has 1 aromatic rings. The lowest BCUT2D eigenvalue weighted by atomic mass is 9.76. The van der Waals surface area contributed by atoms with Gasteiger partial charge in [0.05, 0.1) is 29.9 Å². The second kappa shape index (κ2) is 15.3. The summed E-state index contributed by atoms with van der Waals surface area (Å²) in [5.41, 5.74) is 1.99. The maximum absolute atomic E-state index is 14.8. The van der Waals surface area contributed by atoms with Crippen molar-refractivity contribution < 1.29 is 41.9 Å². The zero-order valence-corrected chi connectivity index (χ0v) is 31.6. The number of fused-ring (bicyclic) bond motifs is 3.